The van der Waals surface area contributed by atoms with Crippen LogP contribution in [-0.2, 0) is 4.79 Å². The Morgan fingerprint density at radius 3 is 1.93 bits per heavy atom. The highest BCUT2D eigenvalue weighted by Crippen LogP contribution is 2.30. The van der Waals surface area contributed by atoms with E-state index in [1.54, 1.807) is 11.8 Å². The zero-order valence-electron chi connectivity index (χ0n) is 15.6. The highest BCUT2D eigenvalue weighted by Gasteiger charge is 2.31. The maximum Gasteiger partial charge on any atom is 0.240 e. The maximum absolute atomic E-state index is 13.7. The fraction of sp³-hybridized carbons (Fsp3) is 0.167. The molecule has 0 aromatic heterocycles. The van der Waals surface area contributed by atoms with Crippen molar-refractivity contribution in [3.05, 3.63) is 102 Å². The summed E-state index contributed by atoms with van der Waals surface area (Å²) in [5.74, 6) is 0.734. The van der Waals surface area contributed by atoms with Gasteiger partial charge >= 0.3 is 0 Å². The molecule has 1 aliphatic rings. The summed E-state index contributed by atoms with van der Waals surface area (Å²) in [6.45, 7) is 0.702. The first-order valence-electron chi connectivity index (χ1n) is 9.51. The Labute approximate surface area is 170 Å². The number of carbonyl (C=O) groups is 1. The van der Waals surface area contributed by atoms with Gasteiger partial charge in [-0.05, 0) is 29.7 Å². The number of benzene rings is 3. The monoisotopic (exact) mass is 386 g/mol. The molecule has 1 amide bonds. The van der Waals surface area contributed by atoms with Crippen LogP contribution in [0.2, 0.25) is 0 Å². The van der Waals surface area contributed by atoms with Crippen molar-refractivity contribution in [3.63, 3.8) is 0 Å². The molecule has 0 unspecified atom stereocenters. The van der Waals surface area contributed by atoms with Crippen LogP contribution in [-0.4, -0.2) is 28.3 Å². The van der Waals surface area contributed by atoms with Gasteiger partial charge in [0.15, 0.2) is 5.17 Å². The lowest BCUT2D eigenvalue weighted by molar-refractivity contribution is -0.128. The maximum atomic E-state index is 13.7. The molecule has 1 heterocycles. The number of hydrogen-bond donors (Lipinski definition) is 0. The lowest BCUT2D eigenvalue weighted by Crippen LogP contribution is -2.42. The van der Waals surface area contributed by atoms with Gasteiger partial charge < -0.3 is 0 Å². The summed E-state index contributed by atoms with van der Waals surface area (Å²) in [5, 5.41) is 0.791. The molecular weight excluding hydrogens is 364 g/mol. The number of amides is 1. The van der Waals surface area contributed by atoms with Crippen LogP contribution in [0.1, 0.15) is 23.5 Å². The van der Waals surface area contributed by atoms with Crippen LogP contribution in [0.4, 0.5) is 5.69 Å². The average molecular weight is 387 g/mol. The van der Waals surface area contributed by atoms with Gasteiger partial charge in [-0.3, -0.25) is 9.69 Å². The van der Waals surface area contributed by atoms with E-state index < -0.39 is 0 Å². The second kappa shape index (κ2) is 8.89. The number of amidine groups is 1. The number of rotatable bonds is 4. The first-order chi connectivity index (χ1) is 13.8. The van der Waals surface area contributed by atoms with Crippen LogP contribution in [0.25, 0.3) is 0 Å². The van der Waals surface area contributed by atoms with Gasteiger partial charge in [-0.25, -0.2) is 4.99 Å². The van der Waals surface area contributed by atoms with E-state index in [1.165, 1.54) is 0 Å². The average Bonchev–Trinajstić information content (AvgIpc) is 2.76. The summed E-state index contributed by atoms with van der Waals surface area (Å²) in [6, 6.07) is 29.9. The number of carbonyl (C=O) groups excluding carboxylic acids is 1. The molecule has 0 bridgehead atoms. The summed E-state index contributed by atoms with van der Waals surface area (Å²) in [6.07, 6.45) is 0.973. The Kier molecular flexibility index (Phi) is 5.88. The lowest BCUT2D eigenvalue weighted by atomic mass is 9.90. The van der Waals surface area contributed by atoms with Crippen molar-refractivity contribution >= 4 is 28.5 Å². The third-order valence-corrected chi connectivity index (χ3v) is 5.81. The van der Waals surface area contributed by atoms with Crippen molar-refractivity contribution in [1.82, 2.24) is 4.90 Å². The number of aliphatic imine (C=N–C) groups is 1. The molecule has 0 aliphatic carbocycles. The minimum absolute atomic E-state index is 0.0827. The summed E-state index contributed by atoms with van der Waals surface area (Å²) >= 11 is 1.66. The van der Waals surface area contributed by atoms with Gasteiger partial charge in [-0.1, -0.05) is 90.6 Å². The topological polar surface area (TPSA) is 32.7 Å². The summed E-state index contributed by atoms with van der Waals surface area (Å²) < 4.78 is 0. The molecule has 4 heteroatoms. The molecule has 3 nitrogen and oxygen atoms in total. The molecule has 4 rings (SSSR count). The zero-order chi connectivity index (χ0) is 19.2. The van der Waals surface area contributed by atoms with Gasteiger partial charge in [0, 0.05) is 12.3 Å². The van der Waals surface area contributed by atoms with Crippen LogP contribution >= 0.6 is 11.8 Å². The SMILES string of the molecule is O=C(C(c1ccccc1)c1ccccc1)N1CCCSC1=Nc1ccccc1. The summed E-state index contributed by atoms with van der Waals surface area (Å²) in [5.41, 5.74) is 2.89. The molecule has 1 aliphatic heterocycles. The molecule has 1 fully saturated rings. The number of para-hydroxylation sites is 1. The van der Waals surface area contributed by atoms with Crippen molar-refractivity contribution in [2.75, 3.05) is 12.3 Å². The summed E-state index contributed by atoms with van der Waals surface area (Å²) in [7, 11) is 0. The molecule has 140 valence electrons. The Morgan fingerprint density at radius 2 is 1.36 bits per heavy atom. The van der Waals surface area contributed by atoms with E-state index in [-0.39, 0.29) is 11.8 Å². The Hall–Kier alpha value is -2.85. The van der Waals surface area contributed by atoms with Gasteiger partial charge in [-0.15, -0.1) is 0 Å². The summed E-state index contributed by atoms with van der Waals surface area (Å²) in [4.78, 5) is 20.4. The third kappa shape index (κ3) is 4.18. The van der Waals surface area contributed by atoms with Crippen LogP contribution in [0.15, 0.2) is 96.0 Å². The second-order valence-electron chi connectivity index (χ2n) is 6.68. The van der Waals surface area contributed by atoms with Gasteiger partial charge in [0.25, 0.3) is 0 Å². The van der Waals surface area contributed by atoms with E-state index in [2.05, 4.69) is 0 Å². The van der Waals surface area contributed by atoms with E-state index in [9.17, 15) is 4.79 Å². The minimum Gasteiger partial charge on any atom is -0.290 e. The van der Waals surface area contributed by atoms with E-state index in [1.807, 2.05) is 95.9 Å². The fourth-order valence-corrected chi connectivity index (χ4v) is 4.36. The van der Waals surface area contributed by atoms with Crippen molar-refractivity contribution in [3.8, 4) is 0 Å². The molecule has 0 atom stereocenters. The van der Waals surface area contributed by atoms with Gasteiger partial charge in [-0.2, -0.15) is 0 Å². The Balaban J connectivity index is 1.72. The smallest absolute Gasteiger partial charge is 0.240 e. The molecule has 28 heavy (non-hydrogen) atoms. The molecule has 0 spiro atoms. The Morgan fingerprint density at radius 1 is 0.821 bits per heavy atom. The van der Waals surface area contributed by atoms with E-state index in [0.29, 0.717) is 6.54 Å². The highest BCUT2D eigenvalue weighted by atomic mass is 32.2. The van der Waals surface area contributed by atoms with Crippen molar-refractivity contribution < 1.29 is 4.79 Å². The fourth-order valence-electron chi connectivity index (χ4n) is 3.39. The molecule has 3 aromatic rings. The van der Waals surface area contributed by atoms with Crippen LogP contribution in [0.3, 0.4) is 0 Å². The predicted molar refractivity (Wildman–Crippen MR) is 117 cm³/mol. The molecule has 0 saturated carbocycles. The highest BCUT2D eigenvalue weighted by molar-refractivity contribution is 8.13. The number of thioether (sulfide) groups is 1. The Bertz CT molecular complexity index is 903. The molecular formula is C24H22N2OS. The first kappa shape index (κ1) is 18.5. The van der Waals surface area contributed by atoms with Crippen LogP contribution in [0.5, 0.6) is 0 Å². The molecule has 3 aromatic carbocycles. The van der Waals surface area contributed by atoms with Crippen LogP contribution in [0, 0.1) is 0 Å². The normalized spacial score (nSPS) is 15.8. The van der Waals surface area contributed by atoms with Crippen LogP contribution < -0.4 is 0 Å². The number of hydrogen-bond acceptors (Lipinski definition) is 3. The third-order valence-electron chi connectivity index (χ3n) is 4.75. The molecule has 1 saturated heterocycles. The lowest BCUT2D eigenvalue weighted by Gasteiger charge is -2.31. The van der Waals surface area contributed by atoms with E-state index in [0.717, 1.165) is 34.2 Å². The van der Waals surface area contributed by atoms with Gasteiger partial charge in [0.1, 0.15) is 0 Å². The minimum atomic E-state index is -0.331. The van der Waals surface area contributed by atoms with Gasteiger partial charge in [0.2, 0.25) is 5.91 Å². The van der Waals surface area contributed by atoms with Crippen molar-refractivity contribution in [2.24, 2.45) is 4.99 Å². The second-order valence-corrected chi connectivity index (χ2v) is 7.74. The standard InChI is InChI=1S/C24H22N2OS/c27-23(22(19-11-4-1-5-12-19)20-13-6-2-7-14-20)26-17-10-18-28-24(26)25-21-15-8-3-9-16-21/h1-9,11-16,22H,10,17-18H2. The van der Waals surface area contributed by atoms with Crippen molar-refractivity contribution in [2.45, 2.75) is 12.3 Å². The predicted octanol–water partition coefficient (Wildman–Crippen LogP) is 5.47. The van der Waals surface area contributed by atoms with E-state index in [4.69, 9.17) is 4.99 Å². The quantitative estimate of drug-likeness (QED) is 0.595. The largest absolute Gasteiger partial charge is 0.290 e. The first-order valence-corrected chi connectivity index (χ1v) is 10.5. The van der Waals surface area contributed by atoms with Gasteiger partial charge in [0.05, 0.1) is 11.6 Å². The molecule has 0 radical (unpaired) electrons. The van der Waals surface area contributed by atoms with Crippen molar-refractivity contribution in [1.29, 1.82) is 0 Å². The number of nitrogens with zero attached hydrogens (tertiary/aromatic N) is 2. The van der Waals surface area contributed by atoms with E-state index >= 15 is 0 Å². The zero-order valence-corrected chi connectivity index (χ0v) is 16.4. The molecule has 0 N–H and O–H groups in total.